The van der Waals surface area contributed by atoms with E-state index in [0.29, 0.717) is 18.3 Å². The van der Waals surface area contributed by atoms with Crippen LogP contribution in [0.25, 0.3) is 5.95 Å². The van der Waals surface area contributed by atoms with Gasteiger partial charge >= 0.3 is 0 Å². The normalized spacial score (nSPS) is 14.4. The van der Waals surface area contributed by atoms with Gasteiger partial charge in [-0.25, -0.2) is 9.97 Å². The van der Waals surface area contributed by atoms with Gasteiger partial charge in [0.25, 0.3) is 5.95 Å². The minimum atomic E-state index is -0.0755. The second-order valence-electron chi connectivity index (χ2n) is 8.04. The molecule has 9 heteroatoms. The molecular formula is C23H29N7O2. The molecule has 1 saturated heterocycles. The third-order valence-electron chi connectivity index (χ3n) is 5.44. The second-order valence-corrected chi connectivity index (χ2v) is 8.04. The topological polar surface area (TPSA) is 88.4 Å². The number of amides is 1. The monoisotopic (exact) mass is 435 g/mol. The number of rotatable bonds is 6. The predicted molar refractivity (Wildman–Crippen MR) is 124 cm³/mol. The van der Waals surface area contributed by atoms with Crippen LogP contribution in [-0.2, 0) is 4.79 Å². The molecule has 0 unspecified atom stereocenters. The van der Waals surface area contributed by atoms with Crippen LogP contribution in [0.3, 0.4) is 0 Å². The van der Waals surface area contributed by atoms with Crippen molar-refractivity contribution < 1.29 is 9.53 Å². The molecule has 0 atom stereocenters. The molecule has 4 rings (SSSR count). The minimum Gasteiger partial charge on any atom is -0.497 e. The number of nitrogens with zero attached hydrogens (tertiary/aromatic N) is 6. The third-order valence-corrected chi connectivity index (χ3v) is 5.44. The molecule has 168 valence electrons. The van der Waals surface area contributed by atoms with Crippen molar-refractivity contribution in [1.29, 1.82) is 0 Å². The highest BCUT2D eigenvalue weighted by Gasteiger charge is 2.20. The van der Waals surface area contributed by atoms with Crippen molar-refractivity contribution >= 4 is 17.4 Å². The predicted octanol–water partition coefficient (Wildman–Crippen LogP) is 2.36. The maximum absolute atomic E-state index is 12.8. The lowest BCUT2D eigenvalue weighted by atomic mass is 10.2. The number of benzene rings is 1. The number of carbonyl (C=O) groups excluding carboxylic acids is 1. The van der Waals surface area contributed by atoms with E-state index >= 15 is 0 Å². The number of nitrogens with one attached hydrogen (secondary N) is 1. The highest BCUT2D eigenvalue weighted by Crippen LogP contribution is 2.21. The number of piperazine rings is 1. The molecule has 0 aliphatic carbocycles. The van der Waals surface area contributed by atoms with E-state index in [9.17, 15) is 4.79 Å². The standard InChI is InChI=1S/C23H29N7O2/c1-16-13-17(2)25-23(24-16)30-21(14-18(3)27-30)26-22(31)15-28-9-11-29(12-10-28)19-5-7-20(32-4)8-6-19/h5-8,13-14H,9-12,15H2,1-4H3,(H,26,31). The highest BCUT2D eigenvalue weighted by molar-refractivity contribution is 5.91. The molecule has 1 aliphatic heterocycles. The summed E-state index contributed by atoms with van der Waals surface area (Å²) < 4.78 is 6.82. The molecule has 1 aromatic carbocycles. The van der Waals surface area contributed by atoms with Crippen LogP contribution in [0.1, 0.15) is 17.1 Å². The van der Waals surface area contributed by atoms with Crippen molar-refractivity contribution in [3.63, 3.8) is 0 Å². The third kappa shape index (κ3) is 5.05. The van der Waals surface area contributed by atoms with Crippen molar-refractivity contribution in [3.05, 3.63) is 53.5 Å². The Labute approximate surface area is 188 Å². The van der Waals surface area contributed by atoms with Crippen LogP contribution in [0.15, 0.2) is 36.4 Å². The van der Waals surface area contributed by atoms with Crippen LogP contribution in [-0.4, -0.2) is 70.4 Å². The first-order chi connectivity index (χ1) is 15.4. The molecule has 3 aromatic rings. The summed E-state index contributed by atoms with van der Waals surface area (Å²) in [5.41, 5.74) is 3.67. The number of hydrogen-bond donors (Lipinski definition) is 1. The Kier molecular flexibility index (Phi) is 6.36. The van der Waals surface area contributed by atoms with Gasteiger partial charge in [-0.3, -0.25) is 9.69 Å². The maximum Gasteiger partial charge on any atom is 0.252 e. The highest BCUT2D eigenvalue weighted by atomic mass is 16.5. The Morgan fingerprint density at radius 1 is 0.969 bits per heavy atom. The van der Waals surface area contributed by atoms with Crippen LogP contribution < -0.4 is 15.0 Å². The van der Waals surface area contributed by atoms with E-state index in [4.69, 9.17) is 4.74 Å². The van der Waals surface area contributed by atoms with Gasteiger partial charge in [-0.15, -0.1) is 0 Å². The van der Waals surface area contributed by atoms with Crippen LogP contribution in [0.2, 0.25) is 0 Å². The second kappa shape index (κ2) is 9.35. The van der Waals surface area contributed by atoms with Gasteiger partial charge in [-0.05, 0) is 51.1 Å². The number of anilines is 2. The maximum atomic E-state index is 12.8. The van der Waals surface area contributed by atoms with Gasteiger partial charge < -0.3 is 15.0 Å². The fraction of sp³-hybridized carbons (Fsp3) is 0.391. The Hall–Kier alpha value is -3.46. The molecule has 0 saturated carbocycles. The van der Waals surface area contributed by atoms with Gasteiger partial charge in [0.15, 0.2) is 0 Å². The van der Waals surface area contributed by atoms with Gasteiger partial charge in [0.1, 0.15) is 11.6 Å². The van der Waals surface area contributed by atoms with Gasteiger partial charge in [0.05, 0.1) is 19.3 Å². The summed E-state index contributed by atoms with van der Waals surface area (Å²) in [7, 11) is 1.67. The first kappa shape index (κ1) is 21.8. The number of aryl methyl sites for hydroxylation is 3. The van der Waals surface area contributed by atoms with E-state index in [2.05, 4.69) is 42.3 Å². The zero-order chi connectivity index (χ0) is 22.7. The summed E-state index contributed by atoms with van der Waals surface area (Å²) in [5, 5.41) is 7.45. The molecule has 2 aromatic heterocycles. The molecule has 1 N–H and O–H groups in total. The number of carbonyl (C=O) groups is 1. The summed E-state index contributed by atoms with van der Waals surface area (Å²) in [4.78, 5) is 26.2. The van der Waals surface area contributed by atoms with Crippen molar-refractivity contribution in [1.82, 2.24) is 24.6 Å². The molecule has 9 nitrogen and oxygen atoms in total. The fourth-order valence-electron chi connectivity index (χ4n) is 3.89. The van der Waals surface area contributed by atoms with Crippen LogP contribution in [0, 0.1) is 20.8 Å². The average molecular weight is 436 g/mol. The van der Waals surface area contributed by atoms with Crippen molar-refractivity contribution in [3.8, 4) is 11.7 Å². The molecule has 0 radical (unpaired) electrons. The molecular weight excluding hydrogens is 406 g/mol. The van der Waals surface area contributed by atoms with Gasteiger partial charge in [0.2, 0.25) is 5.91 Å². The van der Waals surface area contributed by atoms with Gasteiger partial charge in [-0.2, -0.15) is 9.78 Å². The zero-order valence-corrected chi connectivity index (χ0v) is 19.0. The first-order valence-corrected chi connectivity index (χ1v) is 10.7. The smallest absolute Gasteiger partial charge is 0.252 e. The Morgan fingerprint density at radius 3 is 2.25 bits per heavy atom. The molecule has 3 heterocycles. The van der Waals surface area contributed by atoms with Crippen LogP contribution in [0.4, 0.5) is 11.5 Å². The molecule has 0 bridgehead atoms. The quantitative estimate of drug-likeness (QED) is 0.636. The number of methoxy groups -OCH3 is 1. The summed E-state index contributed by atoms with van der Waals surface area (Å²) in [6.45, 7) is 9.41. The summed E-state index contributed by atoms with van der Waals surface area (Å²) in [5.74, 6) is 1.81. The molecule has 32 heavy (non-hydrogen) atoms. The number of ether oxygens (including phenoxy) is 1. The van der Waals surface area contributed by atoms with E-state index in [1.807, 2.05) is 45.0 Å². The number of aromatic nitrogens is 4. The van der Waals surface area contributed by atoms with E-state index in [1.54, 1.807) is 11.8 Å². The van der Waals surface area contributed by atoms with Crippen molar-refractivity contribution in [2.45, 2.75) is 20.8 Å². The zero-order valence-electron chi connectivity index (χ0n) is 19.0. The van der Waals surface area contributed by atoms with E-state index in [1.165, 1.54) is 5.69 Å². The van der Waals surface area contributed by atoms with E-state index < -0.39 is 0 Å². The lowest BCUT2D eigenvalue weighted by Gasteiger charge is -2.35. The summed E-state index contributed by atoms with van der Waals surface area (Å²) >= 11 is 0. The van der Waals surface area contributed by atoms with Gasteiger partial charge in [-0.1, -0.05) is 0 Å². The minimum absolute atomic E-state index is 0.0755. The Balaban J connectivity index is 1.36. The first-order valence-electron chi connectivity index (χ1n) is 10.7. The molecule has 1 fully saturated rings. The SMILES string of the molecule is COc1ccc(N2CCN(CC(=O)Nc3cc(C)nn3-c3nc(C)cc(C)n3)CC2)cc1. The molecule has 0 spiro atoms. The van der Waals surface area contributed by atoms with E-state index in [-0.39, 0.29) is 5.91 Å². The number of hydrogen-bond acceptors (Lipinski definition) is 7. The Bertz CT molecular complexity index is 1070. The average Bonchev–Trinajstić information content (AvgIpc) is 3.13. The van der Waals surface area contributed by atoms with Crippen molar-refractivity contribution in [2.24, 2.45) is 0 Å². The summed E-state index contributed by atoms with van der Waals surface area (Å²) in [6, 6.07) is 11.8. The lowest BCUT2D eigenvalue weighted by Crippen LogP contribution is -2.48. The van der Waals surface area contributed by atoms with Crippen LogP contribution >= 0.6 is 0 Å². The fourth-order valence-corrected chi connectivity index (χ4v) is 3.89. The van der Waals surface area contributed by atoms with Crippen LogP contribution in [0.5, 0.6) is 5.75 Å². The molecule has 1 amide bonds. The lowest BCUT2D eigenvalue weighted by molar-refractivity contribution is -0.117. The molecule has 1 aliphatic rings. The van der Waals surface area contributed by atoms with Crippen molar-refractivity contribution in [2.75, 3.05) is 50.1 Å². The Morgan fingerprint density at radius 2 is 1.62 bits per heavy atom. The van der Waals surface area contributed by atoms with Gasteiger partial charge in [0, 0.05) is 49.3 Å². The van der Waals surface area contributed by atoms with E-state index in [0.717, 1.165) is 49.0 Å². The summed E-state index contributed by atoms with van der Waals surface area (Å²) in [6.07, 6.45) is 0. The largest absolute Gasteiger partial charge is 0.497 e.